The minimum atomic E-state index is 0.608. The van der Waals surface area contributed by atoms with Crippen molar-refractivity contribution in [2.45, 2.75) is 58.9 Å². The van der Waals surface area contributed by atoms with E-state index < -0.39 is 0 Å². The van der Waals surface area contributed by atoms with Crippen LogP contribution in [0.5, 0.6) is 0 Å². The van der Waals surface area contributed by atoms with Gasteiger partial charge in [-0.25, -0.2) is 0 Å². The molecule has 0 bridgehead atoms. The molecule has 1 heteroatoms. The fraction of sp³-hybridized carbons (Fsp3) is 0.448. The van der Waals surface area contributed by atoms with Crippen LogP contribution in [0.25, 0.3) is 0 Å². The number of rotatable bonds is 9. The highest BCUT2D eigenvalue weighted by atomic mass is 15.2. The molecule has 1 nitrogen and oxygen atoms in total. The van der Waals surface area contributed by atoms with Gasteiger partial charge in [0, 0.05) is 12.6 Å². The maximum atomic E-state index is 2.81. The van der Waals surface area contributed by atoms with Gasteiger partial charge in [-0.3, -0.25) is 4.90 Å². The molecule has 1 aliphatic heterocycles. The first-order valence-corrected chi connectivity index (χ1v) is 11.8. The third-order valence-corrected chi connectivity index (χ3v) is 6.87. The fourth-order valence-corrected chi connectivity index (χ4v) is 4.93. The molecule has 0 aliphatic carbocycles. The Bertz CT molecular complexity index is 790. The average molecular weight is 402 g/mol. The van der Waals surface area contributed by atoms with Crippen molar-refractivity contribution in [1.29, 1.82) is 0 Å². The maximum absolute atomic E-state index is 2.81. The number of benzene rings is 2. The monoisotopic (exact) mass is 401 g/mol. The second-order valence-electron chi connectivity index (χ2n) is 8.87. The van der Waals surface area contributed by atoms with E-state index in [2.05, 4.69) is 105 Å². The molecule has 0 amide bonds. The molecule has 0 saturated carbocycles. The molecular formula is C29H39N. The van der Waals surface area contributed by atoms with E-state index in [-0.39, 0.29) is 0 Å². The van der Waals surface area contributed by atoms with Gasteiger partial charge in [-0.15, -0.1) is 0 Å². The zero-order chi connectivity index (χ0) is 21.2. The zero-order valence-electron chi connectivity index (χ0n) is 19.1. The molecule has 0 radical (unpaired) electrons. The van der Waals surface area contributed by atoms with E-state index in [1.54, 1.807) is 5.57 Å². The van der Waals surface area contributed by atoms with Crippen LogP contribution in [0.4, 0.5) is 0 Å². The molecule has 1 unspecified atom stereocenters. The molecule has 0 spiro atoms. The molecule has 2 aromatic rings. The van der Waals surface area contributed by atoms with E-state index in [1.807, 2.05) is 0 Å². The van der Waals surface area contributed by atoms with Crippen LogP contribution < -0.4 is 0 Å². The van der Waals surface area contributed by atoms with Gasteiger partial charge in [0.25, 0.3) is 0 Å². The molecule has 2 aromatic carbocycles. The Balaban J connectivity index is 1.80. The van der Waals surface area contributed by atoms with E-state index in [1.165, 1.54) is 43.5 Å². The molecule has 1 saturated heterocycles. The zero-order valence-corrected chi connectivity index (χ0v) is 19.1. The largest absolute Gasteiger partial charge is 0.299 e. The van der Waals surface area contributed by atoms with Gasteiger partial charge in [0.05, 0.1) is 0 Å². The first-order chi connectivity index (χ1) is 14.7. The van der Waals surface area contributed by atoms with Crippen molar-refractivity contribution in [2.24, 2.45) is 11.8 Å². The van der Waals surface area contributed by atoms with Gasteiger partial charge in [-0.2, -0.15) is 0 Å². The summed E-state index contributed by atoms with van der Waals surface area (Å²) in [5.74, 6) is 1.46. The molecule has 1 aliphatic rings. The highest BCUT2D eigenvalue weighted by molar-refractivity contribution is 5.20. The third-order valence-electron chi connectivity index (χ3n) is 6.87. The van der Waals surface area contributed by atoms with Crippen molar-refractivity contribution in [3.05, 3.63) is 95.6 Å². The standard InChI is InChI=1S/C29H39N/c1-4-6-13-25(5-2)19-21-30-20-18-24(3)28(22-26-14-9-7-10-15-26)29(30)23-27-16-11-8-12-17-27/h4,6-17,24,28-29H,5,18-23H2,1-3H3/b6-4-,25-13+/t24?,28-,29+/m1/s1. The van der Waals surface area contributed by atoms with Gasteiger partial charge in [-0.1, -0.05) is 98.3 Å². The minimum Gasteiger partial charge on any atom is -0.299 e. The van der Waals surface area contributed by atoms with Crippen LogP contribution in [-0.2, 0) is 12.8 Å². The smallest absolute Gasteiger partial charge is 0.0170 e. The molecule has 1 fully saturated rings. The average Bonchev–Trinajstić information content (AvgIpc) is 2.79. The highest BCUT2D eigenvalue weighted by Crippen LogP contribution is 2.34. The Kier molecular flexibility index (Phi) is 8.96. The summed E-state index contributed by atoms with van der Waals surface area (Å²) >= 11 is 0. The lowest BCUT2D eigenvalue weighted by Crippen LogP contribution is -2.50. The molecule has 0 N–H and O–H groups in total. The Morgan fingerprint density at radius 3 is 2.20 bits per heavy atom. The van der Waals surface area contributed by atoms with Crippen LogP contribution >= 0.6 is 0 Å². The van der Waals surface area contributed by atoms with E-state index in [4.69, 9.17) is 0 Å². The Hall–Kier alpha value is -2.12. The van der Waals surface area contributed by atoms with Crippen LogP contribution in [0.2, 0.25) is 0 Å². The van der Waals surface area contributed by atoms with Gasteiger partial charge in [0.2, 0.25) is 0 Å². The van der Waals surface area contributed by atoms with Crippen molar-refractivity contribution >= 4 is 0 Å². The van der Waals surface area contributed by atoms with Gasteiger partial charge in [0.15, 0.2) is 0 Å². The minimum absolute atomic E-state index is 0.608. The molecular weight excluding hydrogens is 362 g/mol. The van der Waals surface area contributed by atoms with Crippen LogP contribution in [0.15, 0.2) is 84.5 Å². The first kappa shape index (κ1) is 22.6. The highest BCUT2D eigenvalue weighted by Gasteiger charge is 2.35. The lowest BCUT2D eigenvalue weighted by molar-refractivity contribution is 0.0551. The van der Waals surface area contributed by atoms with Crippen molar-refractivity contribution in [3.8, 4) is 0 Å². The summed E-state index contributed by atoms with van der Waals surface area (Å²) in [4.78, 5) is 2.81. The Morgan fingerprint density at radius 1 is 0.967 bits per heavy atom. The predicted octanol–water partition coefficient (Wildman–Crippen LogP) is 7.10. The summed E-state index contributed by atoms with van der Waals surface area (Å²) in [6, 6.07) is 22.8. The quantitative estimate of drug-likeness (QED) is 0.405. The molecule has 1 heterocycles. The molecule has 3 rings (SSSR count). The first-order valence-electron chi connectivity index (χ1n) is 11.8. The summed E-state index contributed by atoms with van der Waals surface area (Å²) in [5.41, 5.74) is 4.51. The van der Waals surface area contributed by atoms with E-state index in [0.29, 0.717) is 12.0 Å². The van der Waals surface area contributed by atoms with Crippen molar-refractivity contribution in [3.63, 3.8) is 0 Å². The number of nitrogens with zero attached hydrogens (tertiary/aromatic N) is 1. The second kappa shape index (κ2) is 11.9. The van der Waals surface area contributed by atoms with Crippen molar-refractivity contribution in [2.75, 3.05) is 13.1 Å². The molecule has 30 heavy (non-hydrogen) atoms. The molecule has 160 valence electrons. The second-order valence-corrected chi connectivity index (χ2v) is 8.87. The van der Waals surface area contributed by atoms with Crippen molar-refractivity contribution in [1.82, 2.24) is 4.90 Å². The van der Waals surface area contributed by atoms with E-state index >= 15 is 0 Å². The Labute approximate surface area is 184 Å². The Morgan fingerprint density at radius 2 is 1.60 bits per heavy atom. The van der Waals surface area contributed by atoms with Gasteiger partial charge < -0.3 is 0 Å². The van der Waals surface area contributed by atoms with Crippen LogP contribution in [-0.4, -0.2) is 24.0 Å². The number of allylic oxidation sites excluding steroid dienone is 3. The SMILES string of the molecule is C/C=C\C=C(/CC)CCN1CCC(C)[C@@H](Cc2ccccc2)[C@@H]1Cc1ccccc1. The number of piperidine rings is 1. The molecule has 3 atom stereocenters. The predicted molar refractivity (Wildman–Crippen MR) is 131 cm³/mol. The lowest BCUT2D eigenvalue weighted by Gasteiger charge is -2.45. The normalized spacial score (nSPS) is 23.2. The lowest BCUT2D eigenvalue weighted by atomic mass is 9.75. The summed E-state index contributed by atoms with van der Waals surface area (Å²) in [7, 11) is 0. The summed E-state index contributed by atoms with van der Waals surface area (Å²) in [6.07, 6.45) is 12.6. The van der Waals surface area contributed by atoms with E-state index in [9.17, 15) is 0 Å². The van der Waals surface area contributed by atoms with Crippen LogP contribution in [0, 0.1) is 11.8 Å². The van der Waals surface area contributed by atoms with Crippen LogP contribution in [0.1, 0.15) is 51.2 Å². The third kappa shape index (κ3) is 6.44. The van der Waals surface area contributed by atoms with E-state index in [0.717, 1.165) is 18.8 Å². The van der Waals surface area contributed by atoms with Gasteiger partial charge in [0.1, 0.15) is 0 Å². The number of hydrogen-bond donors (Lipinski definition) is 0. The number of hydrogen-bond acceptors (Lipinski definition) is 1. The summed E-state index contributed by atoms with van der Waals surface area (Å²) < 4.78 is 0. The topological polar surface area (TPSA) is 3.24 Å². The summed E-state index contributed by atoms with van der Waals surface area (Å²) in [6.45, 7) is 9.26. The van der Waals surface area contributed by atoms with Crippen molar-refractivity contribution < 1.29 is 0 Å². The fourth-order valence-electron chi connectivity index (χ4n) is 4.93. The molecule has 0 aromatic heterocycles. The maximum Gasteiger partial charge on any atom is 0.0170 e. The van der Waals surface area contributed by atoms with Gasteiger partial charge in [-0.05, 0) is 68.5 Å². The number of likely N-dealkylation sites (tertiary alicyclic amines) is 1. The van der Waals surface area contributed by atoms with Crippen LogP contribution in [0.3, 0.4) is 0 Å². The van der Waals surface area contributed by atoms with Gasteiger partial charge >= 0.3 is 0 Å². The summed E-state index contributed by atoms with van der Waals surface area (Å²) in [5, 5.41) is 0.